The number of aromatic nitrogens is 2. The van der Waals surface area contributed by atoms with E-state index in [4.69, 9.17) is 4.55 Å². The maximum absolute atomic E-state index is 9.79. The van der Waals surface area contributed by atoms with E-state index in [2.05, 4.69) is 17.8 Å². The molecule has 76 valence electrons. The zero-order valence-corrected chi connectivity index (χ0v) is 8.87. The Balaban J connectivity index is 0.000000223. The highest BCUT2D eigenvalue weighted by atomic mass is 32.2. The highest BCUT2D eigenvalue weighted by molar-refractivity contribution is 7.85. The maximum Gasteiger partial charge on any atom is 0.264 e. The molecule has 0 radical (unpaired) electrons. The molecule has 1 N–H and O–H groups in total. The van der Waals surface area contributed by atoms with E-state index in [-0.39, 0.29) is 5.75 Å². The summed E-state index contributed by atoms with van der Waals surface area (Å²) in [5.74, 6) is -0.132. The van der Waals surface area contributed by atoms with Crippen molar-refractivity contribution < 1.29 is 13.0 Å². The summed E-state index contributed by atoms with van der Waals surface area (Å²) in [5, 5.41) is 0. The Bertz CT molecular complexity index is 307. The van der Waals surface area contributed by atoms with Crippen LogP contribution in [0.4, 0.5) is 0 Å². The topological polar surface area (TPSA) is 72.2 Å². The molecular formula is C6H12N2O3S2. The van der Waals surface area contributed by atoms with Gasteiger partial charge in [0.25, 0.3) is 10.1 Å². The van der Waals surface area contributed by atoms with Crippen molar-refractivity contribution in [2.45, 2.75) is 13.3 Å². The van der Waals surface area contributed by atoms with E-state index < -0.39 is 10.1 Å². The molecule has 5 nitrogen and oxygen atoms in total. The molecule has 0 saturated carbocycles. The van der Waals surface area contributed by atoms with Crippen molar-refractivity contribution in [1.82, 2.24) is 8.96 Å². The van der Waals surface area contributed by atoms with Crippen molar-refractivity contribution in [3.05, 3.63) is 18.7 Å². The van der Waals surface area contributed by atoms with Gasteiger partial charge in [0.15, 0.2) is 0 Å². The quantitative estimate of drug-likeness (QED) is 0.577. The lowest BCUT2D eigenvalue weighted by Crippen LogP contribution is -2.01. The Morgan fingerprint density at radius 3 is 2.31 bits per heavy atom. The molecule has 0 aliphatic heterocycles. The van der Waals surface area contributed by atoms with E-state index in [0.717, 1.165) is 0 Å². The van der Waals surface area contributed by atoms with Gasteiger partial charge in [0.1, 0.15) is 6.33 Å². The SMILES string of the molecule is CCCS(=O)(=O)O.Sn1ccnc1. The van der Waals surface area contributed by atoms with Crippen molar-refractivity contribution in [3.8, 4) is 0 Å². The third-order valence-electron chi connectivity index (χ3n) is 0.953. The van der Waals surface area contributed by atoms with Crippen LogP contribution in [0.2, 0.25) is 0 Å². The van der Waals surface area contributed by atoms with Gasteiger partial charge >= 0.3 is 0 Å². The molecule has 0 aliphatic carbocycles. The highest BCUT2D eigenvalue weighted by Crippen LogP contribution is 1.83. The van der Waals surface area contributed by atoms with Crippen molar-refractivity contribution in [2.75, 3.05) is 5.75 Å². The van der Waals surface area contributed by atoms with Gasteiger partial charge in [0.2, 0.25) is 0 Å². The largest absolute Gasteiger partial charge is 0.286 e. The molecule has 0 atom stereocenters. The summed E-state index contributed by atoms with van der Waals surface area (Å²) in [5.41, 5.74) is 0. The molecule has 7 heteroatoms. The van der Waals surface area contributed by atoms with Gasteiger partial charge in [-0.15, -0.1) is 0 Å². The molecule has 0 saturated heterocycles. The van der Waals surface area contributed by atoms with E-state index in [1.54, 1.807) is 29.6 Å². The third kappa shape index (κ3) is 9.38. The van der Waals surface area contributed by atoms with Gasteiger partial charge in [-0.1, -0.05) is 19.7 Å². The lowest BCUT2D eigenvalue weighted by atomic mass is 10.6. The van der Waals surface area contributed by atoms with Crippen LogP contribution >= 0.6 is 12.8 Å². The first kappa shape index (κ1) is 12.5. The summed E-state index contributed by atoms with van der Waals surface area (Å²) in [7, 11) is -3.67. The average molecular weight is 224 g/mol. The van der Waals surface area contributed by atoms with Crippen LogP contribution in [-0.2, 0) is 10.1 Å². The molecule has 1 aromatic heterocycles. The molecule has 0 unspecified atom stereocenters. The highest BCUT2D eigenvalue weighted by Gasteiger charge is 1.98. The van der Waals surface area contributed by atoms with Crippen LogP contribution in [0.25, 0.3) is 0 Å². The lowest BCUT2D eigenvalue weighted by molar-refractivity contribution is 0.482. The Labute approximate surface area is 83.1 Å². The molecule has 0 fully saturated rings. The predicted molar refractivity (Wildman–Crippen MR) is 53.3 cm³/mol. The zero-order valence-electron chi connectivity index (χ0n) is 7.16. The van der Waals surface area contributed by atoms with Crippen molar-refractivity contribution in [3.63, 3.8) is 0 Å². The second-order valence-corrected chi connectivity index (χ2v) is 4.26. The summed E-state index contributed by atoms with van der Waals surface area (Å²) < 4.78 is 29.1. The number of rotatable bonds is 2. The first-order valence-corrected chi connectivity index (χ1v) is 5.59. The summed E-state index contributed by atoms with van der Waals surface area (Å²) in [6.07, 6.45) is 5.51. The fourth-order valence-electron chi connectivity index (χ4n) is 0.510. The number of nitrogens with zero attached hydrogens (tertiary/aromatic N) is 2. The van der Waals surface area contributed by atoms with Crippen LogP contribution in [0.1, 0.15) is 13.3 Å². The van der Waals surface area contributed by atoms with Gasteiger partial charge in [-0.25, -0.2) is 4.98 Å². The molecule has 1 rings (SSSR count). The third-order valence-corrected chi connectivity index (χ3v) is 2.11. The number of hydrogen-bond donors (Lipinski definition) is 2. The minimum absolute atomic E-state index is 0.132. The van der Waals surface area contributed by atoms with Crippen LogP contribution < -0.4 is 0 Å². The zero-order chi connectivity index (χ0) is 10.3. The number of imidazole rings is 1. The fourth-order valence-corrected chi connectivity index (χ4v) is 1.15. The minimum atomic E-state index is -3.67. The molecule has 1 aromatic rings. The Morgan fingerprint density at radius 2 is 2.23 bits per heavy atom. The van der Waals surface area contributed by atoms with E-state index in [0.29, 0.717) is 6.42 Å². The van der Waals surface area contributed by atoms with Crippen LogP contribution in [0.5, 0.6) is 0 Å². The standard InChI is InChI=1S/C3H4N2S.C3H8O3S/c6-5-2-1-4-3-5;1-2-3-7(4,5)6/h1-3,6H;2-3H2,1H3,(H,4,5,6). The number of thiol groups is 1. The summed E-state index contributed by atoms with van der Waals surface area (Å²) >= 11 is 3.89. The predicted octanol–water partition coefficient (Wildman–Crippen LogP) is 0.860. The Morgan fingerprint density at radius 1 is 1.62 bits per heavy atom. The normalized spacial score (nSPS) is 10.4. The fraction of sp³-hybridized carbons (Fsp3) is 0.500. The summed E-state index contributed by atoms with van der Waals surface area (Å²) in [4.78, 5) is 3.71. The van der Waals surface area contributed by atoms with Gasteiger partial charge < -0.3 is 0 Å². The molecule has 0 aliphatic rings. The first-order valence-electron chi connectivity index (χ1n) is 3.58. The van der Waals surface area contributed by atoms with Crippen molar-refractivity contribution in [2.24, 2.45) is 0 Å². The molecule has 0 amide bonds. The van der Waals surface area contributed by atoms with Gasteiger partial charge in [0, 0.05) is 12.4 Å². The molecule has 0 aromatic carbocycles. The van der Waals surface area contributed by atoms with Crippen molar-refractivity contribution in [1.29, 1.82) is 0 Å². The van der Waals surface area contributed by atoms with Gasteiger partial charge in [0.05, 0.1) is 5.75 Å². The lowest BCUT2D eigenvalue weighted by Gasteiger charge is -1.85. The molecular weight excluding hydrogens is 212 g/mol. The monoisotopic (exact) mass is 224 g/mol. The van der Waals surface area contributed by atoms with Gasteiger partial charge in [-0.2, -0.15) is 8.42 Å². The molecule has 0 spiro atoms. The first-order chi connectivity index (χ1) is 5.95. The smallest absolute Gasteiger partial charge is 0.264 e. The van der Waals surface area contributed by atoms with E-state index in [1.807, 2.05) is 0 Å². The Kier molecular flexibility index (Phi) is 5.76. The second-order valence-electron chi connectivity index (χ2n) is 2.23. The van der Waals surface area contributed by atoms with E-state index in [9.17, 15) is 8.42 Å². The molecule has 1 heterocycles. The van der Waals surface area contributed by atoms with Crippen LogP contribution in [0.15, 0.2) is 18.7 Å². The van der Waals surface area contributed by atoms with Crippen LogP contribution in [-0.4, -0.2) is 27.7 Å². The molecule has 13 heavy (non-hydrogen) atoms. The van der Waals surface area contributed by atoms with Gasteiger partial charge in [-0.05, 0) is 6.42 Å². The minimum Gasteiger partial charge on any atom is -0.286 e. The van der Waals surface area contributed by atoms with Gasteiger partial charge in [-0.3, -0.25) is 8.53 Å². The maximum atomic E-state index is 9.79. The average Bonchev–Trinajstić information content (AvgIpc) is 2.38. The summed E-state index contributed by atoms with van der Waals surface area (Å²) in [6.45, 7) is 1.69. The van der Waals surface area contributed by atoms with Crippen LogP contribution in [0, 0.1) is 0 Å². The molecule has 0 bridgehead atoms. The van der Waals surface area contributed by atoms with Crippen LogP contribution in [0.3, 0.4) is 0 Å². The second kappa shape index (κ2) is 6.01. The summed E-state index contributed by atoms with van der Waals surface area (Å²) in [6, 6.07) is 0. The Hall–Kier alpha value is -0.530. The van der Waals surface area contributed by atoms with E-state index in [1.165, 1.54) is 0 Å². The number of hydrogen-bond acceptors (Lipinski definition) is 4. The van der Waals surface area contributed by atoms with E-state index >= 15 is 0 Å². The van der Waals surface area contributed by atoms with Crippen molar-refractivity contribution >= 4 is 22.9 Å².